The Kier molecular flexibility index (Phi) is 5.99. The molecule has 20 heavy (non-hydrogen) atoms. The van der Waals surface area contributed by atoms with Gasteiger partial charge in [-0.2, -0.15) is 0 Å². The number of rotatable bonds is 6. The number of nitrogens with zero attached hydrogens (tertiary/aromatic N) is 1. The van der Waals surface area contributed by atoms with Crippen LogP contribution in [0, 0.1) is 0 Å². The van der Waals surface area contributed by atoms with Crippen molar-refractivity contribution in [1.29, 1.82) is 0 Å². The zero-order valence-electron chi connectivity index (χ0n) is 11.5. The van der Waals surface area contributed by atoms with Crippen LogP contribution < -0.4 is 0 Å². The number of aliphatic carboxylic acids is 1. The van der Waals surface area contributed by atoms with E-state index in [-0.39, 0.29) is 6.61 Å². The van der Waals surface area contributed by atoms with E-state index < -0.39 is 30.8 Å². The maximum Gasteiger partial charge on any atom is 0.411 e. The summed E-state index contributed by atoms with van der Waals surface area (Å²) in [4.78, 5) is 24.1. The number of carbonyl (C=O) groups excluding carboxylic acids is 1. The molecule has 1 aromatic carbocycles. The summed E-state index contributed by atoms with van der Waals surface area (Å²) in [5.74, 6) is -1.27. The Morgan fingerprint density at radius 1 is 1.25 bits per heavy atom. The molecule has 0 saturated carbocycles. The molecule has 0 aliphatic heterocycles. The van der Waals surface area contributed by atoms with Crippen LogP contribution in [0.15, 0.2) is 30.3 Å². The van der Waals surface area contributed by atoms with Gasteiger partial charge in [0.2, 0.25) is 0 Å². The average Bonchev–Trinajstić information content (AvgIpc) is 2.42. The first-order valence-corrected chi connectivity index (χ1v) is 6.30. The highest BCUT2D eigenvalue weighted by atomic mass is 16.6. The van der Waals surface area contributed by atoms with Gasteiger partial charge in [-0.25, -0.2) is 9.59 Å². The van der Waals surface area contributed by atoms with E-state index in [2.05, 4.69) is 0 Å². The van der Waals surface area contributed by atoms with Crippen molar-refractivity contribution < 1.29 is 24.5 Å². The first-order chi connectivity index (χ1) is 9.47. The Morgan fingerprint density at radius 3 is 2.30 bits per heavy atom. The fourth-order valence-corrected chi connectivity index (χ4v) is 1.78. The Morgan fingerprint density at radius 2 is 1.85 bits per heavy atom. The van der Waals surface area contributed by atoms with Crippen LogP contribution in [0.2, 0.25) is 0 Å². The summed E-state index contributed by atoms with van der Waals surface area (Å²) in [5, 5.41) is 18.1. The fraction of sp³-hybridized carbons (Fsp3) is 0.429. The molecule has 1 unspecified atom stereocenters. The van der Waals surface area contributed by atoms with Crippen LogP contribution in [0.25, 0.3) is 0 Å². The van der Waals surface area contributed by atoms with E-state index in [9.17, 15) is 9.59 Å². The van der Waals surface area contributed by atoms with Crippen molar-refractivity contribution in [2.45, 2.75) is 32.5 Å². The molecule has 6 heteroatoms. The molecule has 0 aliphatic rings. The topological polar surface area (TPSA) is 87.1 Å². The number of hydrogen-bond donors (Lipinski definition) is 2. The van der Waals surface area contributed by atoms with E-state index in [0.29, 0.717) is 0 Å². The van der Waals surface area contributed by atoms with Gasteiger partial charge < -0.3 is 14.9 Å². The second-order valence-corrected chi connectivity index (χ2v) is 4.58. The predicted octanol–water partition coefficient (Wildman–Crippen LogP) is 1.48. The number of benzene rings is 1. The number of carboxylic acids is 1. The first-order valence-electron chi connectivity index (χ1n) is 6.30. The number of carbonyl (C=O) groups is 2. The summed E-state index contributed by atoms with van der Waals surface area (Å²) < 4.78 is 5.10. The van der Waals surface area contributed by atoms with Crippen molar-refractivity contribution in [2.24, 2.45) is 0 Å². The molecule has 0 bridgehead atoms. The van der Waals surface area contributed by atoms with Crippen molar-refractivity contribution >= 4 is 12.1 Å². The molecule has 0 radical (unpaired) electrons. The second kappa shape index (κ2) is 7.49. The molecule has 2 N–H and O–H groups in total. The second-order valence-electron chi connectivity index (χ2n) is 4.58. The standard InChI is InChI=1S/C14H19NO5/c1-10(2)15(12(8-16)13(17)18)14(19)20-9-11-6-4-3-5-7-11/h3-7,10,12,16H,8-9H2,1-2H3,(H,17,18). The smallest absolute Gasteiger partial charge is 0.411 e. The van der Waals surface area contributed by atoms with E-state index in [4.69, 9.17) is 14.9 Å². The Hall–Kier alpha value is -2.08. The summed E-state index contributed by atoms with van der Waals surface area (Å²) in [5.41, 5.74) is 0.806. The molecule has 1 amide bonds. The molecule has 1 atom stereocenters. The summed E-state index contributed by atoms with van der Waals surface area (Å²) in [6.45, 7) is 2.72. The van der Waals surface area contributed by atoms with Crippen LogP contribution in [0.5, 0.6) is 0 Å². The lowest BCUT2D eigenvalue weighted by Gasteiger charge is -2.30. The lowest BCUT2D eigenvalue weighted by Crippen LogP contribution is -2.50. The van der Waals surface area contributed by atoms with E-state index in [1.54, 1.807) is 26.0 Å². The molecule has 110 valence electrons. The number of carboxylic acid groups (broad SMARTS) is 1. The van der Waals surface area contributed by atoms with Gasteiger partial charge in [0.15, 0.2) is 6.04 Å². The minimum absolute atomic E-state index is 0.0562. The zero-order chi connectivity index (χ0) is 15.1. The van der Waals surface area contributed by atoms with E-state index in [1.807, 2.05) is 18.2 Å². The molecule has 1 rings (SSSR count). The molecular weight excluding hydrogens is 262 g/mol. The third-order valence-electron chi connectivity index (χ3n) is 2.77. The maximum atomic E-state index is 12.0. The zero-order valence-corrected chi connectivity index (χ0v) is 11.5. The first kappa shape index (κ1) is 16.0. The quantitative estimate of drug-likeness (QED) is 0.824. The van der Waals surface area contributed by atoms with Crippen molar-refractivity contribution in [3.8, 4) is 0 Å². The minimum Gasteiger partial charge on any atom is -0.480 e. The minimum atomic E-state index is -1.31. The molecule has 0 spiro atoms. The molecule has 0 aromatic heterocycles. The van der Waals surface area contributed by atoms with Crippen molar-refractivity contribution in [3.05, 3.63) is 35.9 Å². The molecule has 0 saturated heterocycles. The predicted molar refractivity (Wildman–Crippen MR) is 72.1 cm³/mol. The van der Waals surface area contributed by atoms with Gasteiger partial charge in [0.1, 0.15) is 6.61 Å². The van der Waals surface area contributed by atoms with E-state index >= 15 is 0 Å². The molecule has 0 heterocycles. The lowest BCUT2D eigenvalue weighted by molar-refractivity contribution is -0.145. The van der Waals surface area contributed by atoms with Crippen LogP contribution in [-0.2, 0) is 16.1 Å². The number of hydrogen-bond acceptors (Lipinski definition) is 4. The van der Waals surface area contributed by atoms with E-state index in [1.165, 1.54) is 0 Å². The Bertz CT molecular complexity index is 446. The normalized spacial score (nSPS) is 12.0. The van der Waals surface area contributed by atoms with Gasteiger partial charge >= 0.3 is 12.1 Å². The molecule has 0 fully saturated rings. The van der Waals surface area contributed by atoms with Crippen molar-refractivity contribution in [3.63, 3.8) is 0 Å². The van der Waals surface area contributed by atoms with Crippen LogP contribution in [0.1, 0.15) is 19.4 Å². The fourth-order valence-electron chi connectivity index (χ4n) is 1.78. The highest BCUT2D eigenvalue weighted by Gasteiger charge is 2.32. The summed E-state index contributed by atoms with van der Waals surface area (Å²) in [6, 6.07) is 7.37. The number of aliphatic hydroxyl groups is 1. The molecule has 6 nitrogen and oxygen atoms in total. The van der Waals surface area contributed by atoms with Crippen LogP contribution >= 0.6 is 0 Å². The highest BCUT2D eigenvalue weighted by Crippen LogP contribution is 2.10. The summed E-state index contributed by atoms with van der Waals surface area (Å²) >= 11 is 0. The van der Waals surface area contributed by atoms with Gasteiger partial charge in [-0.3, -0.25) is 4.90 Å². The third-order valence-corrected chi connectivity index (χ3v) is 2.77. The summed E-state index contributed by atoms with van der Waals surface area (Å²) in [6.07, 6.45) is -0.759. The van der Waals surface area contributed by atoms with Gasteiger partial charge in [-0.1, -0.05) is 30.3 Å². The molecule has 0 aliphatic carbocycles. The largest absolute Gasteiger partial charge is 0.480 e. The number of aliphatic hydroxyl groups excluding tert-OH is 1. The van der Waals surface area contributed by atoms with E-state index in [0.717, 1.165) is 10.5 Å². The van der Waals surface area contributed by atoms with Gasteiger partial charge in [0.25, 0.3) is 0 Å². The Labute approximate surface area is 117 Å². The van der Waals surface area contributed by atoms with Gasteiger partial charge in [0.05, 0.1) is 6.61 Å². The molecule has 1 aromatic rings. The monoisotopic (exact) mass is 281 g/mol. The van der Waals surface area contributed by atoms with Crippen molar-refractivity contribution in [2.75, 3.05) is 6.61 Å². The van der Waals surface area contributed by atoms with Crippen LogP contribution in [0.3, 0.4) is 0 Å². The average molecular weight is 281 g/mol. The van der Waals surface area contributed by atoms with Crippen LogP contribution in [0.4, 0.5) is 4.79 Å². The highest BCUT2D eigenvalue weighted by molar-refractivity contribution is 5.80. The number of amides is 1. The number of ether oxygens (including phenoxy) is 1. The maximum absolute atomic E-state index is 12.0. The van der Waals surface area contributed by atoms with Gasteiger partial charge in [0, 0.05) is 6.04 Å². The third kappa shape index (κ3) is 4.24. The summed E-state index contributed by atoms with van der Waals surface area (Å²) in [7, 11) is 0. The van der Waals surface area contributed by atoms with Crippen LogP contribution in [-0.4, -0.2) is 45.9 Å². The van der Waals surface area contributed by atoms with Gasteiger partial charge in [-0.05, 0) is 19.4 Å². The molecular formula is C14H19NO5. The lowest BCUT2D eigenvalue weighted by atomic mass is 10.2. The van der Waals surface area contributed by atoms with Gasteiger partial charge in [-0.15, -0.1) is 0 Å². The van der Waals surface area contributed by atoms with Crippen molar-refractivity contribution in [1.82, 2.24) is 4.90 Å². The Balaban J connectivity index is 2.72. The SMILES string of the molecule is CC(C)N(C(=O)OCc1ccccc1)C(CO)C(=O)O.